The first kappa shape index (κ1) is 19.9. The molecule has 1 aromatic carbocycles. The minimum Gasteiger partial charge on any atom is -0.467 e. The molecule has 0 aliphatic heterocycles. The number of para-hydroxylation sites is 1. The van der Waals surface area contributed by atoms with Gasteiger partial charge in [-0.3, -0.25) is 9.48 Å². The van der Waals surface area contributed by atoms with Gasteiger partial charge in [0, 0.05) is 11.9 Å². The van der Waals surface area contributed by atoms with Crippen molar-refractivity contribution >= 4 is 22.8 Å². The van der Waals surface area contributed by atoms with E-state index in [0.29, 0.717) is 5.69 Å². The van der Waals surface area contributed by atoms with E-state index < -0.39 is 17.4 Å². The molecule has 1 unspecified atom stereocenters. The van der Waals surface area contributed by atoms with E-state index >= 15 is 0 Å². The van der Waals surface area contributed by atoms with Crippen LogP contribution in [0.5, 0.6) is 0 Å². The van der Waals surface area contributed by atoms with Gasteiger partial charge in [0.05, 0.1) is 12.6 Å². The first-order valence-electron chi connectivity index (χ1n) is 9.13. The number of amides is 1. The second kappa shape index (κ2) is 8.34. The van der Waals surface area contributed by atoms with Crippen LogP contribution >= 0.6 is 0 Å². The minimum absolute atomic E-state index is 0.343. The van der Waals surface area contributed by atoms with Crippen molar-refractivity contribution in [2.24, 2.45) is 5.41 Å². The Bertz CT molecular complexity index is 774. The number of carbonyl (C=O) groups is 2. The van der Waals surface area contributed by atoms with Crippen LogP contribution in [0.25, 0.3) is 10.9 Å². The number of ether oxygens (including phenoxy) is 1. The third-order valence-corrected chi connectivity index (χ3v) is 4.42. The highest BCUT2D eigenvalue weighted by Crippen LogP contribution is 2.23. The second-order valence-corrected chi connectivity index (χ2v) is 7.59. The predicted molar refractivity (Wildman–Crippen MR) is 102 cm³/mol. The van der Waals surface area contributed by atoms with Crippen molar-refractivity contribution in [3.8, 4) is 0 Å². The molecule has 2 rings (SSSR count). The maximum Gasteiger partial charge on any atom is 0.328 e. The van der Waals surface area contributed by atoms with Crippen LogP contribution in [-0.2, 0) is 16.1 Å². The third kappa shape index (κ3) is 4.42. The third-order valence-electron chi connectivity index (χ3n) is 4.42. The molecule has 0 saturated carbocycles. The number of methoxy groups -OCH3 is 1. The fourth-order valence-electron chi connectivity index (χ4n) is 2.92. The van der Waals surface area contributed by atoms with Crippen LogP contribution in [0.1, 0.15) is 57.4 Å². The fraction of sp³-hybridized carbons (Fsp3) is 0.550. The van der Waals surface area contributed by atoms with Gasteiger partial charge in [-0.05, 0) is 17.9 Å². The summed E-state index contributed by atoms with van der Waals surface area (Å²) in [6.45, 7) is 8.57. The molecule has 142 valence electrons. The Morgan fingerprint density at radius 3 is 2.54 bits per heavy atom. The van der Waals surface area contributed by atoms with Gasteiger partial charge in [-0.25, -0.2) is 4.79 Å². The number of unbranched alkanes of at least 4 members (excludes halogenated alkanes) is 2. The maximum absolute atomic E-state index is 12.9. The van der Waals surface area contributed by atoms with Gasteiger partial charge < -0.3 is 10.1 Å². The van der Waals surface area contributed by atoms with Gasteiger partial charge in [-0.2, -0.15) is 5.10 Å². The van der Waals surface area contributed by atoms with Gasteiger partial charge in [0.25, 0.3) is 5.91 Å². The molecule has 0 aliphatic carbocycles. The average Bonchev–Trinajstić information content (AvgIpc) is 2.97. The number of benzene rings is 1. The Morgan fingerprint density at radius 1 is 1.23 bits per heavy atom. The highest BCUT2D eigenvalue weighted by Gasteiger charge is 2.34. The Hall–Kier alpha value is -2.37. The van der Waals surface area contributed by atoms with Gasteiger partial charge >= 0.3 is 5.97 Å². The predicted octanol–water partition coefficient (Wildman–Crippen LogP) is 3.54. The van der Waals surface area contributed by atoms with E-state index in [-0.39, 0.29) is 5.91 Å². The summed E-state index contributed by atoms with van der Waals surface area (Å²) < 4.78 is 6.73. The van der Waals surface area contributed by atoms with Crippen molar-refractivity contribution in [3.05, 3.63) is 30.0 Å². The van der Waals surface area contributed by atoms with Gasteiger partial charge in [-0.1, -0.05) is 58.7 Å². The van der Waals surface area contributed by atoms with Crippen molar-refractivity contribution in [1.29, 1.82) is 0 Å². The Balaban J connectivity index is 2.33. The average molecular weight is 359 g/mol. The highest BCUT2D eigenvalue weighted by molar-refractivity contribution is 6.06. The highest BCUT2D eigenvalue weighted by atomic mass is 16.5. The molecule has 1 atom stereocenters. The second-order valence-electron chi connectivity index (χ2n) is 7.59. The molecule has 0 bridgehead atoms. The Kier molecular flexibility index (Phi) is 6.40. The van der Waals surface area contributed by atoms with E-state index in [1.54, 1.807) is 0 Å². The van der Waals surface area contributed by atoms with Crippen molar-refractivity contribution in [2.45, 2.75) is 59.5 Å². The number of hydrogen-bond acceptors (Lipinski definition) is 4. The maximum atomic E-state index is 12.9. The van der Waals surface area contributed by atoms with Crippen LogP contribution in [-0.4, -0.2) is 34.8 Å². The van der Waals surface area contributed by atoms with Gasteiger partial charge in [-0.15, -0.1) is 0 Å². The van der Waals surface area contributed by atoms with Crippen molar-refractivity contribution in [2.75, 3.05) is 7.11 Å². The number of hydrogen-bond donors (Lipinski definition) is 1. The first-order valence-corrected chi connectivity index (χ1v) is 9.13. The van der Waals surface area contributed by atoms with E-state index in [1.807, 2.05) is 49.7 Å². The van der Waals surface area contributed by atoms with Crippen LogP contribution in [0.3, 0.4) is 0 Å². The summed E-state index contributed by atoms with van der Waals surface area (Å²) in [6, 6.07) is 6.93. The molecule has 0 radical (unpaired) electrons. The molecule has 0 aliphatic rings. The lowest BCUT2D eigenvalue weighted by Crippen LogP contribution is -2.49. The number of aryl methyl sites for hydroxylation is 1. The molecule has 26 heavy (non-hydrogen) atoms. The number of fused-ring (bicyclic) bond motifs is 1. The van der Waals surface area contributed by atoms with Gasteiger partial charge in [0.2, 0.25) is 0 Å². The summed E-state index contributed by atoms with van der Waals surface area (Å²) in [5.74, 6) is -0.821. The summed E-state index contributed by atoms with van der Waals surface area (Å²) in [5, 5.41) is 8.13. The normalized spacial score (nSPS) is 12.8. The van der Waals surface area contributed by atoms with Gasteiger partial charge in [0.1, 0.15) is 6.04 Å². The molecule has 2 aromatic rings. The monoisotopic (exact) mass is 359 g/mol. The number of esters is 1. The zero-order valence-electron chi connectivity index (χ0n) is 16.3. The van der Waals surface area contributed by atoms with Crippen molar-refractivity contribution in [3.63, 3.8) is 0 Å². The number of nitrogens with zero attached hydrogens (tertiary/aromatic N) is 2. The summed E-state index contributed by atoms with van der Waals surface area (Å²) in [5.41, 5.74) is 0.803. The van der Waals surface area contributed by atoms with Gasteiger partial charge in [0.15, 0.2) is 5.69 Å². The van der Waals surface area contributed by atoms with Crippen LogP contribution in [0.4, 0.5) is 0 Å². The lowest BCUT2D eigenvalue weighted by Gasteiger charge is -2.28. The molecule has 0 fully saturated rings. The van der Waals surface area contributed by atoms with E-state index in [4.69, 9.17) is 4.74 Å². The lowest BCUT2D eigenvalue weighted by atomic mass is 9.86. The smallest absolute Gasteiger partial charge is 0.328 e. The molecule has 1 amide bonds. The first-order chi connectivity index (χ1) is 12.3. The minimum atomic E-state index is -0.746. The molecule has 1 aromatic heterocycles. The number of aromatic nitrogens is 2. The summed E-state index contributed by atoms with van der Waals surface area (Å²) in [6.07, 6.45) is 3.25. The molecule has 0 spiro atoms. The molecule has 0 saturated heterocycles. The summed E-state index contributed by atoms with van der Waals surface area (Å²) in [4.78, 5) is 25.0. The topological polar surface area (TPSA) is 73.2 Å². The van der Waals surface area contributed by atoms with E-state index in [1.165, 1.54) is 7.11 Å². The lowest BCUT2D eigenvalue weighted by molar-refractivity contribution is -0.145. The van der Waals surface area contributed by atoms with E-state index in [9.17, 15) is 9.59 Å². The van der Waals surface area contributed by atoms with Crippen molar-refractivity contribution in [1.82, 2.24) is 15.1 Å². The molecule has 6 nitrogen and oxygen atoms in total. The molecule has 6 heteroatoms. The van der Waals surface area contributed by atoms with Crippen LogP contribution < -0.4 is 5.32 Å². The zero-order chi connectivity index (χ0) is 19.3. The Labute approximate surface area is 154 Å². The summed E-state index contributed by atoms with van der Waals surface area (Å²) in [7, 11) is 1.32. The quantitative estimate of drug-likeness (QED) is 0.606. The number of carbonyl (C=O) groups excluding carboxylic acids is 2. The van der Waals surface area contributed by atoms with Crippen LogP contribution in [0.15, 0.2) is 24.3 Å². The molecule has 1 N–H and O–H groups in total. The van der Waals surface area contributed by atoms with Crippen LogP contribution in [0.2, 0.25) is 0 Å². The number of nitrogens with one attached hydrogen (secondary N) is 1. The molecule has 1 heterocycles. The fourth-order valence-corrected chi connectivity index (χ4v) is 2.92. The zero-order valence-corrected chi connectivity index (χ0v) is 16.3. The largest absolute Gasteiger partial charge is 0.467 e. The number of rotatable bonds is 7. The molecular formula is C20H29N3O3. The standard InChI is InChI=1S/C20H29N3O3/c1-6-7-10-13-23-15-12-9-8-11-14(15)16(22-23)18(24)21-17(19(25)26-5)20(2,3)4/h8-9,11-12,17H,6-7,10,13H2,1-5H3,(H,21,24). The van der Waals surface area contributed by atoms with E-state index in [0.717, 1.165) is 36.7 Å². The SMILES string of the molecule is CCCCCn1nc(C(=O)NC(C(=O)OC)C(C)(C)C)c2ccccc21. The van der Waals surface area contributed by atoms with Crippen LogP contribution in [0, 0.1) is 5.41 Å². The molecular weight excluding hydrogens is 330 g/mol. The van der Waals surface area contributed by atoms with Crippen molar-refractivity contribution < 1.29 is 14.3 Å². The Morgan fingerprint density at radius 2 is 1.92 bits per heavy atom. The van der Waals surface area contributed by atoms with E-state index in [2.05, 4.69) is 17.3 Å². The summed E-state index contributed by atoms with van der Waals surface area (Å²) >= 11 is 0.